The van der Waals surface area contributed by atoms with Gasteiger partial charge in [-0.05, 0) is 49.9 Å². The van der Waals surface area contributed by atoms with Crippen LogP contribution >= 0.6 is 0 Å². The molecule has 0 spiro atoms. The molecular weight excluding hydrogens is 198 g/mol. The summed E-state index contributed by atoms with van der Waals surface area (Å²) in [5.41, 5.74) is 3.66. The second-order valence-electron chi connectivity index (χ2n) is 4.77. The van der Waals surface area contributed by atoms with Gasteiger partial charge in [0.2, 0.25) is 0 Å². The van der Waals surface area contributed by atoms with Gasteiger partial charge in [0, 0.05) is 11.7 Å². The van der Waals surface area contributed by atoms with Gasteiger partial charge in [-0.3, -0.25) is 0 Å². The second-order valence-corrected chi connectivity index (χ2v) is 4.77. The lowest BCUT2D eigenvalue weighted by Gasteiger charge is -2.16. The van der Waals surface area contributed by atoms with E-state index in [1.165, 1.54) is 42.5 Å². The zero-order chi connectivity index (χ0) is 11.5. The molecule has 16 heavy (non-hydrogen) atoms. The predicted octanol–water partition coefficient (Wildman–Crippen LogP) is 3.67. The lowest BCUT2D eigenvalue weighted by Crippen LogP contribution is -2.14. The maximum Gasteiger partial charge on any atom is 0.124 e. The van der Waals surface area contributed by atoms with E-state index in [-0.39, 0.29) is 0 Å². The molecule has 0 aliphatic heterocycles. The van der Waals surface area contributed by atoms with Crippen molar-refractivity contribution in [1.29, 1.82) is 0 Å². The van der Waals surface area contributed by atoms with Gasteiger partial charge in [-0.1, -0.05) is 12.8 Å². The Labute approximate surface area is 98.0 Å². The Morgan fingerprint density at radius 2 is 1.69 bits per heavy atom. The van der Waals surface area contributed by atoms with Crippen molar-refractivity contribution in [2.45, 2.75) is 45.6 Å². The molecule has 0 atom stereocenters. The molecule has 1 aromatic carbocycles. The van der Waals surface area contributed by atoms with Gasteiger partial charge in [-0.25, -0.2) is 0 Å². The average molecular weight is 219 g/mol. The third-order valence-electron chi connectivity index (χ3n) is 3.39. The van der Waals surface area contributed by atoms with Crippen LogP contribution in [0.2, 0.25) is 0 Å². The minimum Gasteiger partial charge on any atom is -0.496 e. The number of rotatable bonds is 3. The van der Waals surface area contributed by atoms with Crippen LogP contribution in [0.4, 0.5) is 5.69 Å². The Hall–Kier alpha value is -1.18. The fourth-order valence-corrected chi connectivity index (χ4v) is 2.66. The van der Waals surface area contributed by atoms with Crippen molar-refractivity contribution in [2.75, 3.05) is 12.4 Å². The van der Waals surface area contributed by atoms with E-state index in [0.717, 1.165) is 5.75 Å². The molecule has 2 rings (SSSR count). The van der Waals surface area contributed by atoms with Gasteiger partial charge in [0.15, 0.2) is 0 Å². The molecule has 2 nitrogen and oxygen atoms in total. The lowest BCUT2D eigenvalue weighted by atomic mass is 10.1. The van der Waals surface area contributed by atoms with Crippen molar-refractivity contribution < 1.29 is 4.74 Å². The normalized spacial score (nSPS) is 16.4. The van der Waals surface area contributed by atoms with Crippen LogP contribution in [0.5, 0.6) is 5.75 Å². The first-order chi connectivity index (χ1) is 7.70. The Kier molecular flexibility index (Phi) is 3.37. The van der Waals surface area contributed by atoms with Crippen LogP contribution in [0.3, 0.4) is 0 Å². The second kappa shape index (κ2) is 4.77. The van der Waals surface area contributed by atoms with Crippen molar-refractivity contribution in [3.8, 4) is 5.75 Å². The van der Waals surface area contributed by atoms with E-state index in [0.29, 0.717) is 6.04 Å². The van der Waals surface area contributed by atoms with Gasteiger partial charge >= 0.3 is 0 Å². The van der Waals surface area contributed by atoms with Crippen LogP contribution in [0.25, 0.3) is 0 Å². The average Bonchev–Trinajstić information content (AvgIpc) is 2.70. The maximum atomic E-state index is 5.37. The molecular formula is C14H21NO. The van der Waals surface area contributed by atoms with Crippen LogP contribution in [0.15, 0.2) is 12.1 Å². The number of hydrogen-bond donors (Lipinski definition) is 1. The fraction of sp³-hybridized carbons (Fsp3) is 0.571. The standard InChI is InChI=1S/C14H21NO/c1-10-8-13(9-11(2)14(10)16-3)15-12-6-4-5-7-12/h8-9,12,15H,4-7H2,1-3H3. The van der Waals surface area contributed by atoms with Crippen molar-refractivity contribution >= 4 is 5.69 Å². The van der Waals surface area contributed by atoms with Crippen molar-refractivity contribution in [3.63, 3.8) is 0 Å². The molecule has 0 bridgehead atoms. The van der Waals surface area contributed by atoms with Crippen LogP contribution in [-0.4, -0.2) is 13.2 Å². The quantitative estimate of drug-likeness (QED) is 0.837. The lowest BCUT2D eigenvalue weighted by molar-refractivity contribution is 0.408. The Bertz CT molecular complexity index is 344. The van der Waals surface area contributed by atoms with E-state index in [1.807, 2.05) is 0 Å². The van der Waals surface area contributed by atoms with Crippen molar-refractivity contribution in [3.05, 3.63) is 23.3 Å². The number of aryl methyl sites for hydroxylation is 2. The molecule has 1 aromatic rings. The van der Waals surface area contributed by atoms with Crippen molar-refractivity contribution in [1.82, 2.24) is 0 Å². The molecule has 0 aromatic heterocycles. The van der Waals surface area contributed by atoms with E-state index in [2.05, 4.69) is 31.3 Å². The summed E-state index contributed by atoms with van der Waals surface area (Å²) in [6.07, 6.45) is 5.35. The molecule has 1 N–H and O–H groups in total. The SMILES string of the molecule is COc1c(C)cc(NC2CCCC2)cc1C. The number of anilines is 1. The van der Waals surface area contributed by atoms with Gasteiger partial charge in [0.1, 0.15) is 5.75 Å². The Morgan fingerprint density at radius 3 is 2.19 bits per heavy atom. The highest BCUT2D eigenvalue weighted by Crippen LogP contribution is 2.29. The summed E-state index contributed by atoms with van der Waals surface area (Å²) < 4.78 is 5.37. The fourth-order valence-electron chi connectivity index (χ4n) is 2.66. The van der Waals surface area contributed by atoms with Crippen molar-refractivity contribution in [2.24, 2.45) is 0 Å². The molecule has 0 unspecified atom stereocenters. The summed E-state index contributed by atoms with van der Waals surface area (Å²) in [5.74, 6) is 1.01. The van der Waals surface area contributed by atoms with Crippen LogP contribution in [0, 0.1) is 13.8 Å². The molecule has 1 aliphatic carbocycles. The first-order valence-corrected chi connectivity index (χ1v) is 6.12. The summed E-state index contributed by atoms with van der Waals surface area (Å²) in [6.45, 7) is 4.21. The Morgan fingerprint density at radius 1 is 1.12 bits per heavy atom. The number of methoxy groups -OCH3 is 1. The highest BCUT2D eigenvalue weighted by Gasteiger charge is 2.15. The number of nitrogens with one attached hydrogen (secondary N) is 1. The van der Waals surface area contributed by atoms with Crippen LogP contribution in [0.1, 0.15) is 36.8 Å². The molecule has 88 valence electrons. The van der Waals surface area contributed by atoms with E-state index in [1.54, 1.807) is 7.11 Å². The predicted molar refractivity (Wildman–Crippen MR) is 68.3 cm³/mol. The number of hydrogen-bond acceptors (Lipinski definition) is 2. The van der Waals surface area contributed by atoms with Gasteiger partial charge in [0.05, 0.1) is 7.11 Å². The summed E-state index contributed by atoms with van der Waals surface area (Å²) in [6, 6.07) is 5.04. The summed E-state index contributed by atoms with van der Waals surface area (Å²) >= 11 is 0. The molecule has 1 saturated carbocycles. The smallest absolute Gasteiger partial charge is 0.124 e. The molecule has 0 radical (unpaired) electrons. The molecule has 2 heteroatoms. The van der Waals surface area contributed by atoms with Gasteiger partial charge in [0.25, 0.3) is 0 Å². The number of benzene rings is 1. The minimum atomic E-state index is 0.673. The topological polar surface area (TPSA) is 21.3 Å². The van der Waals surface area contributed by atoms with E-state index >= 15 is 0 Å². The van der Waals surface area contributed by atoms with E-state index in [4.69, 9.17) is 4.74 Å². The van der Waals surface area contributed by atoms with Gasteiger partial charge in [-0.2, -0.15) is 0 Å². The van der Waals surface area contributed by atoms with E-state index < -0.39 is 0 Å². The van der Waals surface area contributed by atoms with Crippen LogP contribution < -0.4 is 10.1 Å². The van der Waals surface area contributed by atoms with Crippen LogP contribution in [-0.2, 0) is 0 Å². The highest BCUT2D eigenvalue weighted by atomic mass is 16.5. The largest absolute Gasteiger partial charge is 0.496 e. The highest BCUT2D eigenvalue weighted by molar-refractivity contribution is 5.55. The first kappa shape index (κ1) is 11.3. The zero-order valence-electron chi connectivity index (χ0n) is 10.5. The minimum absolute atomic E-state index is 0.673. The maximum absolute atomic E-state index is 5.37. The molecule has 1 fully saturated rings. The third kappa shape index (κ3) is 2.31. The summed E-state index contributed by atoms with van der Waals surface area (Å²) in [7, 11) is 1.74. The molecule has 0 saturated heterocycles. The third-order valence-corrected chi connectivity index (χ3v) is 3.39. The Balaban J connectivity index is 2.15. The summed E-state index contributed by atoms with van der Waals surface area (Å²) in [4.78, 5) is 0. The molecule has 1 aliphatic rings. The van der Waals surface area contributed by atoms with Gasteiger partial charge in [-0.15, -0.1) is 0 Å². The molecule has 0 amide bonds. The summed E-state index contributed by atoms with van der Waals surface area (Å²) in [5, 5.41) is 3.62. The van der Waals surface area contributed by atoms with Gasteiger partial charge < -0.3 is 10.1 Å². The monoisotopic (exact) mass is 219 g/mol. The van der Waals surface area contributed by atoms with E-state index in [9.17, 15) is 0 Å². The zero-order valence-corrected chi connectivity index (χ0v) is 10.5. The first-order valence-electron chi connectivity index (χ1n) is 6.12. The molecule has 0 heterocycles. The number of ether oxygens (including phenoxy) is 1.